The number of nitrogens with zero attached hydrogens (tertiary/aromatic N) is 2. The van der Waals surface area contributed by atoms with Gasteiger partial charge >= 0.3 is 0 Å². The van der Waals surface area contributed by atoms with E-state index in [2.05, 4.69) is 50.3 Å². The van der Waals surface area contributed by atoms with E-state index in [1.807, 2.05) is 42.5 Å². The highest BCUT2D eigenvalue weighted by molar-refractivity contribution is 5.77. The summed E-state index contributed by atoms with van der Waals surface area (Å²) in [5.74, 6) is 0. The van der Waals surface area contributed by atoms with E-state index in [0.29, 0.717) is 0 Å². The molecule has 122 valence electrons. The number of hydrogen-bond donors (Lipinski definition) is 2. The molecule has 0 amide bonds. The van der Waals surface area contributed by atoms with E-state index >= 15 is 0 Å². The number of halogens is 1. The van der Waals surface area contributed by atoms with Crippen molar-refractivity contribution in [2.75, 3.05) is 0 Å². The van der Waals surface area contributed by atoms with E-state index in [-0.39, 0.29) is 4.70 Å². The second-order valence-electron chi connectivity index (χ2n) is 5.91. The van der Waals surface area contributed by atoms with Crippen molar-refractivity contribution in [2.24, 2.45) is 0 Å². The van der Waals surface area contributed by atoms with E-state index in [0.717, 1.165) is 44.8 Å². The van der Waals surface area contributed by atoms with Crippen molar-refractivity contribution in [1.29, 1.82) is 0 Å². The summed E-state index contributed by atoms with van der Waals surface area (Å²) >= 11 is 0. The van der Waals surface area contributed by atoms with Crippen LogP contribution in [0.25, 0.3) is 46.4 Å². The van der Waals surface area contributed by atoms with Gasteiger partial charge in [0.2, 0.25) is 0 Å². The zero-order valence-corrected chi connectivity index (χ0v) is 13.2. The van der Waals surface area contributed by atoms with Gasteiger partial charge in [-0.25, -0.2) is 9.97 Å². The lowest BCUT2D eigenvalue weighted by atomic mass is 10.3. The van der Waals surface area contributed by atoms with Crippen LogP contribution in [0.15, 0.2) is 48.5 Å². The molecule has 0 aromatic carbocycles. The van der Waals surface area contributed by atoms with Gasteiger partial charge in [-0.3, -0.25) is 4.70 Å². The molecule has 0 unspecified atom stereocenters. The van der Waals surface area contributed by atoms with E-state index in [1.165, 1.54) is 0 Å². The summed E-state index contributed by atoms with van der Waals surface area (Å²) in [5, 5.41) is 0. The summed E-state index contributed by atoms with van der Waals surface area (Å²) in [6, 6.07) is 16.4. The third kappa shape index (κ3) is 2.99. The number of nitrogens with one attached hydrogen (secondary N) is 2. The van der Waals surface area contributed by atoms with E-state index in [4.69, 9.17) is 0 Å². The molecule has 2 N–H and O–H groups in total. The SMILES string of the molecule is C1=Cc2cc3ccc(cc4ccc(cc5nc(cc1n2)C=C5)[nH]4)[nH]3.F. The number of fused-ring (bicyclic) bond motifs is 8. The Bertz CT molecular complexity index is 1080. The Hall–Kier alpha value is -3.47. The Morgan fingerprint density at radius 1 is 0.480 bits per heavy atom. The highest BCUT2D eigenvalue weighted by Gasteiger charge is 2.02. The molecule has 0 saturated heterocycles. The zero-order chi connectivity index (χ0) is 15.9. The van der Waals surface area contributed by atoms with Crippen molar-refractivity contribution >= 4 is 46.4 Å². The van der Waals surface area contributed by atoms with Crippen LogP contribution in [-0.2, 0) is 0 Å². The maximum atomic E-state index is 4.62. The second-order valence-corrected chi connectivity index (χ2v) is 5.91. The molecular weight excluding hydrogens is 315 g/mol. The summed E-state index contributed by atoms with van der Waals surface area (Å²) in [5.41, 5.74) is 7.86. The van der Waals surface area contributed by atoms with Gasteiger partial charge in [0.15, 0.2) is 0 Å². The van der Waals surface area contributed by atoms with Gasteiger partial charge in [0.05, 0.1) is 22.8 Å². The van der Waals surface area contributed by atoms with Crippen molar-refractivity contribution in [3.8, 4) is 0 Å². The van der Waals surface area contributed by atoms with Gasteiger partial charge in [-0.05, 0) is 72.8 Å². The van der Waals surface area contributed by atoms with Crippen LogP contribution in [0.2, 0.25) is 0 Å². The predicted molar refractivity (Wildman–Crippen MR) is 101 cm³/mol. The highest BCUT2D eigenvalue weighted by Crippen LogP contribution is 2.17. The molecule has 0 saturated carbocycles. The van der Waals surface area contributed by atoms with Crippen LogP contribution >= 0.6 is 0 Å². The van der Waals surface area contributed by atoms with Crippen molar-refractivity contribution in [3.05, 3.63) is 71.3 Å². The van der Waals surface area contributed by atoms with Gasteiger partial charge in [-0.15, -0.1) is 0 Å². The largest absolute Gasteiger partial charge is 0.355 e. The first kappa shape index (κ1) is 15.1. The van der Waals surface area contributed by atoms with Crippen LogP contribution in [0.5, 0.6) is 0 Å². The van der Waals surface area contributed by atoms with Crippen molar-refractivity contribution in [2.45, 2.75) is 0 Å². The zero-order valence-electron chi connectivity index (χ0n) is 13.2. The molecule has 0 fully saturated rings. The van der Waals surface area contributed by atoms with Crippen LogP contribution in [0.3, 0.4) is 0 Å². The average molecular weight is 330 g/mol. The Morgan fingerprint density at radius 2 is 0.840 bits per heavy atom. The monoisotopic (exact) mass is 330 g/mol. The normalized spacial score (nSPS) is 12.2. The number of H-pyrrole nitrogens is 2. The Morgan fingerprint density at radius 3 is 1.28 bits per heavy atom. The molecule has 0 aliphatic carbocycles. The predicted octanol–water partition coefficient (Wildman–Crippen LogP) is 4.81. The lowest BCUT2D eigenvalue weighted by Crippen LogP contribution is -1.77. The van der Waals surface area contributed by atoms with Crippen LogP contribution < -0.4 is 0 Å². The molecule has 2 aliphatic rings. The van der Waals surface area contributed by atoms with Gasteiger partial charge in [-0.1, -0.05) is 0 Å². The summed E-state index contributed by atoms with van der Waals surface area (Å²) in [6.45, 7) is 0. The first-order valence-corrected chi connectivity index (χ1v) is 7.85. The van der Waals surface area contributed by atoms with Gasteiger partial charge in [-0.2, -0.15) is 0 Å². The quantitative estimate of drug-likeness (QED) is 0.428. The van der Waals surface area contributed by atoms with Crippen molar-refractivity contribution in [1.82, 2.24) is 19.9 Å². The molecule has 5 heteroatoms. The molecule has 0 atom stereocenters. The lowest BCUT2D eigenvalue weighted by Gasteiger charge is -1.86. The maximum absolute atomic E-state index is 4.62. The first-order valence-electron chi connectivity index (χ1n) is 7.85. The van der Waals surface area contributed by atoms with Gasteiger partial charge in [0.25, 0.3) is 0 Å². The van der Waals surface area contributed by atoms with Crippen molar-refractivity contribution < 1.29 is 4.70 Å². The minimum absolute atomic E-state index is 0. The summed E-state index contributed by atoms with van der Waals surface area (Å²) in [6.07, 6.45) is 8.05. The van der Waals surface area contributed by atoms with Crippen LogP contribution in [-0.4, -0.2) is 19.9 Å². The molecule has 0 radical (unpaired) electrons. The Kier molecular flexibility index (Phi) is 3.54. The van der Waals surface area contributed by atoms with Gasteiger partial charge in [0, 0.05) is 22.1 Å². The fraction of sp³-hybridized carbons (Fsp3) is 0. The Labute approximate surface area is 143 Å². The lowest BCUT2D eigenvalue weighted by molar-refractivity contribution is 1.11. The molecular formula is C20H15FN4. The van der Waals surface area contributed by atoms with Gasteiger partial charge < -0.3 is 9.97 Å². The van der Waals surface area contributed by atoms with Gasteiger partial charge in [0.1, 0.15) is 0 Å². The fourth-order valence-corrected chi connectivity index (χ4v) is 2.94. The van der Waals surface area contributed by atoms with E-state index < -0.39 is 0 Å². The fourth-order valence-electron chi connectivity index (χ4n) is 2.94. The summed E-state index contributed by atoms with van der Waals surface area (Å²) in [7, 11) is 0. The minimum atomic E-state index is 0. The van der Waals surface area contributed by atoms with Crippen LogP contribution in [0.1, 0.15) is 22.8 Å². The molecule has 5 rings (SSSR count). The number of aromatic nitrogens is 4. The Balaban J connectivity index is 0.00000157. The van der Waals surface area contributed by atoms with Crippen LogP contribution in [0, 0.1) is 0 Å². The minimum Gasteiger partial charge on any atom is -0.355 e. The third-order valence-corrected chi connectivity index (χ3v) is 4.04. The molecule has 4 nitrogen and oxygen atoms in total. The second kappa shape index (κ2) is 5.87. The first-order chi connectivity index (χ1) is 11.8. The topological polar surface area (TPSA) is 57.4 Å². The average Bonchev–Trinajstić information content (AvgIpc) is 3.32. The van der Waals surface area contributed by atoms with E-state index in [1.54, 1.807) is 0 Å². The van der Waals surface area contributed by atoms with E-state index in [9.17, 15) is 0 Å². The maximum Gasteiger partial charge on any atom is 0.0659 e. The summed E-state index contributed by atoms with van der Waals surface area (Å²) in [4.78, 5) is 16.0. The summed E-state index contributed by atoms with van der Waals surface area (Å²) < 4.78 is 0. The molecule has 8 bridgehead atoms. The third-order valence-electron chi connectivity index (χ3n) is 4.04. The smallest absolute Gasteiger partial charge is 0.0659 e. The number of rotatable bonds is 0. The van der Waals surface area contributed by atoms with Crippen molar-refractivity contribution in [3.63, 3.8) is 0 Å². The molecule has 5 heterocycles. The van der Waals surface area contributed by atoms with Crippen LogP contribution in [0.4, 0.5) is 4.70 Å². The standard InChI is InChI=1S/C20H14N4.FH/c1-2-14-10-16-5-6-18(23-16)12-20-8-7-19(24-20)11-17-4-3-15(22-17)9-13(1)21-14;/h1-12,21-22H;1H. The molecule has 25 heavy (non-hydrogen) atoms. The highest BCUT2D eigenvalue weighted by atomic mass is 19.0. The number of aromatic amines is 2. The molecule has 3 aromatic rings. The molecule has 2 aliphatic heterocycles. The number of hydrogen-bond acceptors (Lipinski definition) is 2. The molecule has 3 aromatic heterocycles. The molecule has 0 spiro atoms.